The first-order chi connectivity index (χ1) is 14.7. The summed E-state index contributed by atoms with van der Waals surface area (Å²) in [5, 5.41) is 12.5. The monoisotopic (exact) mass is 421 g/mol. The third-order valence-corrected chi connectivity index (χ3v) is 6.29. The Bertz CT molecular complexity index is 986. The van der Waals surface area contributed by atoms with Gasteiger partial charge in [0.05, 0.1) is 5.69 Å². The second-order valence-electron chi connectivity index (χ2n) is 7.56. The van der Waals surface area contributed by atoms with Crippen LogP contribution in [0.3, 0.4) is 0 Å². The maximum atomic E-state index is 13.1. The Labute approximate surface area is 180 Å². The number of benzene rings is 2. The fraction of sp³-hybridized carbons (Fsp3) is 0.292. The normalized spacial score (nSPS) is 14.4. The van der Waals surface area contributed by atoms with Gasteiger partial charge in [0.1, 0.15) is 10.8 Å². The van der Waals surface area contributed by atoms with Crippen molar-refractivity contribution in [1.29, 1.82) is 0 Å². The molecule has 2 aromatic carbocycles. The average Bonchev–Trinajstić information content (AvgIpc) is 2.79. The number of amides is 1. The zero-order valence-corrected chi connectivity index (χ0v) is 17.5. The lowest BCUT2D eigenvalue weighted by atomic mass is 9.95. The van der Waals surface area contributed by atoms with E-state index in [-0.39, 0.29) is 11.7 Å². The quantitative estimate of drug-likeness (QED) is 0.524. The molecule has 1 fully saturated rings. The van der Waals surface area contributed by atoms with Crippen molar-refractivity contribution in [3.05, 3.63) is 77.6 Å². The summed E-state index contributed by atoms with van der Waals surface area (Å²) in [6, 6.07) is 18.1. The van der Waals surface area contributed by atoms with Gasteiger partial charge in [0.15, 0.2) is 0 Å². The van der Waals surface area contributed by atoms with Crippen LogP contribution in [0, 0.1) is 5.82 Å². The van der Waals surface area contributed by atoms with Gasteiger partial charge >= 0.3 is 0 Å². The fourth-order valence-corrected chi connectivity index (χ4v) is 4.40. The second-order valence-corrected chi connectivity index (χ2v) is 8.56. The third kappa shape index (κ3) is 5.45. The van der Waals surface area contributed by atoms with E-state index in [4.69, 9.17) is 0 Å². The molecule has 1 aromatic heterocycles. The fourth-order valence-electron chi connectivity index (χ4n) is 3.65. The summed E-state index contributed by atoms with van der Waals surface area (Å²) >= 11 is 1.57. The molecule has 1 aliphatic carbocycles. The van der Waals surface area contributed by atoms with Crippen LogP contribution in [-0.2, 0) is 5.75 Å². The molecule has 4 nitrogen and oxygen atoms in total. The number of rotatable bonds is 6. The summed E-state index contributed by atoms with van der Waals surface area (Å²) < 4.78 is 13.1. The Balaban J connectivity index is 1.35. The molecule has 0 radical (unpaired) electrons. The Morgan fingerprint density at radius 1 is 1.00 bits per heavy atom. The minimum Gasteiger partial charge on any atom is -0.349 e. The van der Waals surface area contributed by atoms with Gasteiger partial charge in [-0.3, -0.25) is 4.79 Å². The van der Waals surface area contributed by atoms with E-state index in [0.717, 1.165) is 29.0 Å². The molecular formula is C24H24FN3OS. The Kier molecular flexibility index (Phi) is 6.74. The van der Waals surface area contributed by atoms with Crippen molar-refractivity contribution >= 4 is 17.7 Å². The summed E-state index contributed by atoms with van der Waals surface area (Å²) in [5.41, 5.74) is 3.31. The molecule has 1 heterocycles. The van der Waals surface area contributed by atoms with Crippen molar-refractivity contribution < 1.29 is 9.18 Å². The number of nitrogens with zero attached hydrogens (tertiary/aromatic N) is 2. The molecule has 154 valence electrons. The highest BCUT2D eigenvalue weighted by Crippen LogP contribution is 2.24. The van der Waals surface area contributed by atoms with Crippen molar-refractivity contribution in [2.24, 2.45) is 0 Å². The largest absolute Gasteiger partial charge is 0.349 e. The van der Waals surface area contributed by atoms with Gasteiger partial charge in [-0.25, -0.2) is 4.39 Å². The molecule has 30 heavy (non-hydrogen) atoms. The van der Waals surface area contributed by atoms with Crippen LogP contribution in [0.5, 0.6) is 0 Å². The van der Waals surface area contributed by atoms with Crippen LogP contribution in [0.4, 0.5) is 4.39 Å². The lowest BCUT2D eigenvalue weighted by Gasteiger charge is -2.22. The van der Waals surface area contributed by atoms with Gasteiger partial charge in [-0.2, -0.15) is 0 Å². The predicted octanol–water partition coefficient (Wildman–Crippen LogP) is 5.64. The van der Waals surface area contributed by atoms with Gasteiger partial charge < -0.3 is 5.32 Å². The molecule has 0 saturated heterocycles. The number of hydrogen-bond donors (Lipinski definition) is 1. The standard InChI is InChI=1S/C24H24FN3OS/c25-20-11-9-18(10-12-20)22-13-14-23(28-27-22)30-16-17-5-4-6-19(15-17)24(29)26-21-7-2-1-3-8-21/h4-6,9-15,21H,1-3,7-8,16H2,(H,26,29). The Hall–Kier alpha value is -2.73. The number of thioether (sulfide) groups is 1. The van der Waals surface area contributed by atoms with Gasteiger partial charge in [0, 0.05) is 22.9 Å². The molecule has 0 unspecified atom stereocenters. The second kappa shape index (κ2) is 9.85. The number of carbonyl (C=O) groups excluding carboxylic acids is 1. The molecule has 0 atom stereocenters. The smallest absolute Gasteiger partial charge is 0.251 e. The maximum Gasteiger partial charge on any atom is 0.251 e. The summed E-state index contributed by atoms with van der Waals surface area (Å²) in [7, 11) is 0. The first-order valence-electron chi connectivity index (χ1n) is 10.3. The lowest BCUT2D eigenvalue weighted by Crippen LogP contribution is -2.36. The van der Waals surface area contributed by atoms with E-state index >= 15 is 0 Å². The number of halogens is 1. The van der Waals surface area contributed by atoms with Crippen molar-refractivity contribution in [2.45, 2.75) is 48.9 Å². The summed E-state index contributed by atoms with van der Waals surface area (Å²) in [4.78, 5) is 12.6. The van der Waals surface area contributed by atoms with Gasteiger partial charge in [-0.05, 0) is 66.9 Å². The minimum absolute atomic E-state index is 0.0113. The number of aromatic nitrogens is 2. The van der Waals surface area contributed by atoms with E-state index in [2.05, 4.69) is 15.5 Å². The highest BCUT2D eigenvalue weighted by Gasteiger charge is 2.16. The Morgan fingerprint density at radius 2 is 1.80 bits per heavy atom. The summed E-state index contributed by atoms with van der Waals surface area (Å²) in [6.07, 6.45) is 5.82. The van der Waals surface area contributed by atoms with E-state index in [1.807, 2.05) is 36.4 Å². The average molecular weight is 422 g/mol. The lowest BCUT2D eigenvalue weighted by molar-refractivity contribution is 0.0927. The SMILES string of the molecule is O=C(NC1CCCCC1)c1cccc(CSc2ccc(-c3ccc(F)cc3)nn2)c1. The molecule has 1 N–H and O–H groups in total. The van der Waals surface area contributed by atoms with Crippen LogP contribution < -0.4 is 5.32 Å². The highest BCUT2D eigenvalue weighted by atomic mass is 32.2. The molecule has 1 aliphatic rings. The predicted molar refractivity (Wildman–Crippen MR) is 118 cm³/mol. The van der Waals surface area contributed by atoms with Crippen molar-refractivity contribution in [3.63, 3.8) is 0 Å². The van der Waals surface area contributed by atoms with Gasteiger partial charge in [-0.15, -0.1) is 10.2 Å². The number of nitrogens with one attached hydrogen (secondary N) is 1. The maximum absolute atomic E-state index is 13.1. The molecule has 0 aliphatic heterocycles. The van der Waals surface area contributed by atoms with Gasteiger partial charge in [-0.1, -0.05) is 43.2 Å². The summed E-state index contributed by atoms with van der Waals surface area (Å²) in [6.45, 7) is 0. The molecule has 1 saturated carbocycles. The Morgan fingerprint density at radius 3 is 2.53 bits per heavy atom. The van der Waals surface area contributed by atoms with Crippen LogP contribution in [0.1, 0.15) is 48.0 Å². The zero-order chi connectivity index (χ0) is 20.8. The van der Waals surface area contributed by atoms with Crippen LogP contribution in [0.2, 0.25) is 0 Å². The van der Waals surface area contributed by atoms with Gasteiger partial charge in [0.25, 0.3) is 5.91 Å². The summed E-state index contributed by atoms with van der Waals surface area (Å²) in [5.74, 6) is 0.445. The van der Waals surface area contributed by atoms with Crippen molar-refractivity contribution in [1.82, 2.24) is 15.5 Å². The topological polar surface area (TPSA) is 54.9 Å². The number of carbonyl (C=O) groups is 1. The molecule has 1 amide bonds. The molecule has 0 bridgehead atoms. The van der Waals surface area contributed by atoms with Crippen molar-refractivity contribution in [2.75, 3.05) is 0 Å². The van der Waals surface area contributed by atoms with Crippen LogP contribution >= 0.6 is 11.8 Å². The van der Waals surface area contributed by atoms with E-state index in [1.54, 1.807) is 23.9 Å². The molecule has 6 heteroatoms. The molecule has 0 spiro atoms. The third-order valence-electron chi connectivity index (χ3n) is 5.30. The van der Waals surface area contributed by atoms with Crippen LogP contribution in [-0.4, -0.2) is 22.1 Å². The molecule has 3 aromatic rings. The first kappa shape index (κ1) is 20.5. The van der Waals surface area contributed by atoms with Crippen LogP contribution in [0.25, 0.3) is 11.3 Å². The number of hydrogen-bond acceptors (Lipinski definition) is 4. The zero-order valence-electron chi connectivity index (χ0n) is 16.7. The van der Waals surface area contributed by atoms with Crippen molar-refractivity contribution in [3.8, 4) is 11.3 Å². The van der Waals surface area contributed by atoms with E-state index in [0.29, 0.717) is 23.1 Å². The van der Waals surface area contributed by atoms with E-state index in [1.165, 1.54) is 31.4 Å². The van der Waals surface area contributed by atoms with E-state index in [9.17, 15) is 9.18 Å². The van der Waals surface area contributed by atoms with Gasteiger partial charge in [0.2, 0.25) is 0 Å². The van der Waals surface area contributed by atoms with E-state index < -0.39 is 0 Å². The highest BCUT2D eigenvalue weighted by molar-refractivity contribution is 7.98. The molecule has 4 rings (SSSR count). The van der Waals surface area contributed by atoms with Crippen LogP contribution in [0.15, 0.2) is 65.7 Å². The first-order valence-corrected chi connectivity index (χ1v) is 11.3. The minimum atomic E-state index is -0.270. The molecular weight excluding hydrogens is 397 g/mol.